The summed E-state index contributed by atoms with van der Waals surface area (Å²) in [5, 5.41) is 3.17. The van der Waals surface area contributed by atoms with Gasteiger partial charge in [-0.3, -0.25) is 14.6 Å². The zero-order valence-electron chi connectivity index (χ0n) is 20.8. The van der Waals surface area contributed by atoms with Crippen LogP contribution in [0.25, 0.3) is 0 Å². The Morgan fingerprint density at radius 1 is 1.18 bits per heavy atom. The Hall–Kier alpha value is -2.67. The van der Waals surface area contributed by atoms with Crippen molar-refractivity contribution in [1.29, 1.82) is 0 Å². The molecule has 0 bridgehead atoms. The molecule has 180 valence electrons. The Kier molecular flexibility index (Phi) is 7.95. The SMILES string of the molecule is Cc1nc(N2CCOCC2)[nH]c(=O)c1CCC(=O)NC(c1ccc(C(C)(C)C)cc1)C(C)C. The van der Waals surface area contributed by atoms with Crippen LogP contribution in [-0.4, -0.2) is 42.2 Å². The summed E-state index contributed by atoms with van der Waals surface area (Å²) in [6.45, 7) is 15.3. The highest BCUT2D eigenvalue weighted by atomic mass is 16.5. The van der Waals surface area contributed by atoms with Gasteiger partial charge in [-0.15, -0.1) is 0 Å². The fourth-order valence-electron chi connectivity index (χ4n) is 4.12. The molecule has 0 radical (unpaired) electrons. The molecule has 3 rings (SSSR count). The van der Waals surface area contributed by atoms with E-state index in [1.165, 1.54) is 5.56 Å². The first kappa shape index (κ1) is 25.0. The number of nitrogens with one attached hydrogen (secondary N) is 2. The van der Waals surface area contributed by atoms with Crippen LogP contribution < -0.4 is 15.8 Å². The van der Waals surface area contributed by atoms with Crippen LogP contribution in [0.4, 0.5) is 5.95 Å². The van der Waals surface area contributed by atoms with Gasteiger partial charge >= 0.3 is 0 Å². The molecule has 0 saturated carbocycles. The van der Waals surface area contributed by atoms with E-state index in [2.05, 4.69) is 74.2 Å². The van der Waals surface area contributed by atoms with Crippen LogP contribution in [0.2, 0.25) is 0 Å². The van der Waals surface area contributed by atoms with Gasteiger partial charge in [0.25, 0.3) is 5.56 Å². The molecule has 7 nitrogen and oxygen atoms in total. The van der Waals surface area contributed by atoms with Crippen LogP contribution in [0.5, 0.6) is 0 Å². The minimum absolute atomic E-state index is 0.0651. The highest BCUT2D eigenvalue weighted by Crippen LogP contribution is 2.27. The fraction of sp³-hybridized carbons (Fsp3) is 0.577. The molecule has 7 heteroatoms. The minimum atomic E-state index is -0.171. The second-order valence-corrected chi connectivity index (χ2v) is 10.2. The van der Waals surface area contributed by atoms with Gasteiger partial charge in [0.05, 0.1) is 19.3 Å². The monoisotopic (exact) mass is 454 g/mol. The normalized spacial score (nSPS) is 15.5. The number of ether oxygens (including phenoxy) is 1. The summed E-state index contributed by atoms with van der Waals surface area (Å²) in [7, 11) is 0. The maximum atomic E-state index is 12.8. The fourth-order valence-corrected chi connectivity index (χ4v) is 4.12. The average molecular weight is 455 g/mol. The smallest absolute Gasteiger partial charge is 0.255 e. The molecule has 0 spiro atoms. The molecule has 1 saturated heterocycles. The molecule has 2 aromatic rings. The van der Waals surface area contributed by atoms with Gasteiger partial charge < -0.3 is 15.0 Å². The molecular weight excluding hydrogens is 416 g/mol. The number of hydrogen-bond donors (Lipinski definition) is 2. The summed E-state index contributed by atoms with van der Waals surface area (Å²) in [4.78, 5) is 35.0. The van der Waals surface area contributed by atoms with E-state index in [-0.39, 0.29) is 35.3 Å². The van der Waals surface area contributed by atoms with Crippen molar-refractivity contribution in [3.8, 4) is 0 Å². The van der Waals surface area contributed by atoms with Crippen molar-refractivity contribution >= 4 is 11.9 Å². The van der Waals surface area contributed by atoms with Crippen molar-refractivity contribution in [3.05, 3.63) is 57.0 Å². The van der Waals surface area contributed by atoms with E-state index >= 15 is 0 Å². The zero-order chi connectivity index (χ0) is 24.2. The van der Waals surface area contributed by atoms with Crippen molar-refractivity contribution in [1.82, 2.24) is 15.3 Å². The molecule has 1 amide bonds. The molecule has 2 heterocycles. The van der Waals surface area contributed by atoms with Crippen LogP contribution in [0.15, 0.2) is 29.1 Å². The van der Waals surface area contributed by atoms with Crippen LogP contribution in [-0.2, 0) is 21.4 Å². The highest BCUT2D eigenvalue weighted by molar-refractivity contribution is 5.76. The number of H-pyrrole nitrogens is 1. The highest BCUT2D eigenvalue weighted by Gasteiger charge is 2.21. The largest absolute Gasteiger partial charge is 0.378 e. The molecule has 1 fully saturated rings. The number of carbonyl (C=O) groups excluding carboxylic acids is 1. The second kappa shape index (κ2) is 10.5. The summed E-state index contributed by atoms with van der Waals surface area (Å²) in [5.74, 6) is 0.756. The van der Waals surface area contributed by atoms with Crippen LogP contribution in [0, 0.1) is 12.8 Å². The standard InChI is InChI=1S/C26H38N4O3/c1-17(2)23(19-7-9-20(10-8-19)26(4,5)6)28-22(31)12-11-21-18(3)27-25(29-24(21)32)30-13-15-33-16-14-30/h7-10,17,23H,11-16H2,1-6H3,(H,28,31)(H,27,29,32). The maximum absolute atomic E-state index is 12.8. The molecular formula is C26H38N4O3. The van der Waals surface area contributed by atoms with Gasteiger partial charge in [-0.05, 0) is 35.8 Å². The zero-order valence-corrected chi connectivity index (χ0v) is 20.8. The van der Waals surface area contributed by atoms with E-state index in [0.717, 1.165) is 5.56 Å². The molecule has 0 aliphatic carbocycles. The number of morpholine rings is 1. The average Bonchev–Trinajstić information content (AvgIpc) is 2.76. The predicted molar refractivity (Wildman–Crippen MR) is 132 cm³/mol. The van der Waals surface area contributed by atoms with Gasteiger partial charge in [-0.1, -0.05) is 58.9 Å². The molecule has 2 N–H and O–H groups in total. The topological polar surface area (TPSA) is 87.3 Å². The minimum Gasteiger partial charge on any atom is -0.378 e. The predicted octanol–water partition coefficient (Wildman–Crippen LogP) is 3.66. The number of amides is 1. The molecule has 1 unspecified atom stereocenters. The van der Waals surface area contributed by atoms with Gasteiger partial charge in [0.15, 0.2) is 0 Å². The summed E-state index contributed by atoms with van der Waals surface area (Å²) in [5.41, 5.74) is 3.52. The number of aromatic amines is 1. The summed E-state index contributed by atoms with van der Waals surface area (Å²) < 4.78 is 5.37. The number of benzene rings is 1. The summed E-state index contributed by atoms with van der Waals surface area (Å²) in [6, 6.07) is 8.42. The Bertz CT molecular complexity index is 1000. The molecule has 1 aromatic carbocycles. The van der Waals surface area contributed by atoms with Gasteiger partial charge in [0.1, 0.15) is 0 Å². The molecule has 1 aromatic heterocycles. The number of anilines is 1. The number of rotatable bonds is 7. The van der Waals surface area contributed by atoms with Crippen molar-refractivity contribution in [2.75, 3.05) is 31.2 Å². The molecule has 33 heavy (non-hydrogen) atoms. The van der Waals surface area contributed by atoms with E-state index in [1.54, 1.807) is 0 Å². The first-order chi connectivity index (χ1) is 15.6. The number of nitrogens with zero attached hydrogens (tertiary/aromatic N) is 2. The van der Waals surface area contributed by atoms with Crippen molar-refractivity contribution < 1.29 is 9.53 Å². The van der Waals surface area contributed by atoms with Crippen LogP contribution >= 0.6 is 0 Å². The molecule has 1 atom stereocenters. The lowest BCUT2D eigenvalue weighted by atomic mass is 9.85. The third-order valence-electron chi connectivity index (χ3n) is 6.24. The van der Waals surface area contributed by atoms with Gasteiger partial charge in [0, 0.05) is 30.8 Å². The first-order valence-electron chi connectivity index (χ1n) is 11.9. The quantitative estimate of drug-likeness (QED) is 0.667. The Balaban J connectivity index is 1.65. The number of aromatic nitrogens is 2. The first-order valence-corrected chi connectivity index (χ1v) is 11.9. The van der Waals surface area contributed by atoms with E-state index < -0.39 is 0 Å². The van der Waals surface area contributed by atoms with Crippen molar-refractivity contribution in [2.24, 2.45) is 5.92 Å². The summed E-state index contributed by atoms with van der Waals surface area (Å²) >= 11 is 0. The van der Waals surface area contributed by atoms with E-state index in [1.807, 2.05) is 11.8 Å². The van der Waals surface area contributed by atoms with Gasteiger partial charge in [-0.25, -0.2) is 4.98 Å². The van der Waals surface area contributed by atoms with Crippen molar-refractivity contribution in [3.63, 3.8) is 0 Å². The van der Waals surface area contributed by atoms with Crippen molar-refractivity contribution in [2.45, 2.75) is 65.8 Å². The lowest BCUT2D eigenvalue weighted by Crippen LogP contribution is -2.38. The van der Waals surface area contributed by atoms with E-state index in [9.17, 15) is 9.59 Å². The van der Waals surface area contributed by atoms with Crippen LogP contribution in [0.3, 0.4) is 0 Å². The van der Waals surface area contributed by atoms with Gasteiger partial charge in [-0.2, -0.15) is 0 Å². The maximum Gasteiger partial charge on any atom is 0.255 e. The van der Waals surface area contributed by atoms with Gasteiger partial charge in [0.2, 0.25) is 11.9 Å². The molecule has 1 aliphatic heterocycles. The summed E-state index contributed by atoms with van der Waals surface area (Å²) in [6.07, 6.45) is 0.600. The number of aryl methyl sites for hydroxylation is 1. The third-order valence-corrected chi connectivity index (χ3v) is 6.24. The van der Waals surface area contributed by atoms with E-state index in [0.29, 0.717) is 49.9 Å². The molecule has 1 aliphatic rings. The second-order valence-electron chi connectivity index (χ2n) is 10.2. The Morgan fingerprint density at radius 3 is 2.36 bits per heavy atom. The lowest BCUT2D eigenvalue weighted by molar-refractivity contribution is -0.122. The number of hydrogen-bond acceptors (Lipinski definition) is 5. The number of carbonyl (C=O) groups is 1. The lowest BCUT2D eigenvalue weighted by Gasteiger charge is -2.27. The van der Waals surface area contributed by atoms with E-state index in [4.69, 9.17) is 4.74 Å². The third kappa shape index (κ3) is 6.44. The Morgan fingerprint density at radius 2 is 1.82 bits per heavy atom. The van der Waals surface area contributed by atoms with Crippen LogP contribution in [0.1, 0.15) is 69.5 Å². The Labute approximate surface area is 197 Å².